The Kier molecular flexibility index (Phi) is 5.55. The number of carbonyl (C=O) groups is 1. The first-order valence-electron chi connectivity index (χ1n) is 9.67. The summed E-state index contributed by atoms with van der Waals surface area (Å²) >= 11 is 0. The van der Waals surface area contributed by atoms with Gasteiger partial charge >= 0.3 is 0 Å². The van der Waals surface area contributed by atoms with Gasteiger partial charge in [0.1, 0.15) is 5.82 Å². The molecule has 1 fully saturated rings. The molecule has 8 nitrogen and oxygen atoms in total. The van der Waals surface area contributed by atoms with E-state index in [0.717, 1.165) is 18.8 Å². The van der Waals surface area contributed by atoms with Gasteiger partial charge in [0.15, 0.2) is 11.5 Å². The van der Waals surface area contributed by atoms with Crippen LogP contribution in [0.2, 0.25) is 0 Å². The molecule has 2 aromatic heterocycles. The topological polar surface area (TPSA) is 75.9 Å². The fourth-order valence-electron chi connectivity index (χ4n) is 3.50. The number of rotatable bonds is 6. The number of carbonyl (C=O) groups excluding carboxylic acids is 1. The largest absolute Gasteiger partial charge is 0.480 e. The quantitative estimate of drug-likeness (QED) is 0.632. The Morgan fingerprint density at radius 2 is 1.83 bits per heavy atom. The van der Waals surface area contributed by atoms with Crippen LogP contribution < -0.4 is 9.64 Å². The summed E-state index contributed by atoms with van der Waals surface area (Å²) in [6, 6.07) is 10.0. The zero-order valence-electron chi connectivity index (χ0n) is 16.3. The summed E-state index contributed by atoms with van der Waals surface area (Å²) in [5.41, 5.74) is 1.64. The number of aryl methyl sites for hydroxylation is 1. The number of methoxy groups -OCH3 is 1. The van der Waals surface area contributed by atoms with Crippen LogP contribution in [-0.4, -0.2) is 63.9 Å². The van der Waals surface area contributed by atoms with Crippen LogP contribution in [0.15, 0.2) is 36.4 Å². The third kappa shape index (κ3) is 4.28. The van der Waals surface area contributed by atoms with E-state index in [1.54, 1.807) is 35.9 Å². The summed E-state index contributed by atoms with van der Waals surface area (Å²) in [5.74, 6) is 1.11. The molecule has 0 bridgehead atoms. The van der Waals surface area contributed by atoms with E-state index in [4.69, 9.17) is 4.74 Å². The monoisotopic (exact) mass is 398 g/mol. The average Bonchev–Trinajstić information content (AvgIpc) is 3.16. The van der Waals surface area contributed by atoms with Crippen LogP contribution in [-0.2, 0) is 11.2 Å². The number of nitrogens with zero attached hydrogens (tertiary/aromatic N) is 6. The van der Waals surface area contributed by atoms with Crippen molar-refractivity contribution in [3.05, 3.63) is 48.0 Å². The molecule has 152 valence electrons. The van der Waals surface area contributed by atoms with Crippen molar-refractivity contribution in [3.63, 3.8) is 0 Å². The third-order valence-corrected chi connectivity index (χ3v) is 5.13. The summed E-state index contributed by atoms with van der Waals surface area (Å²) in [6.07, 6.45) is 1.74. The van der Waals surface area contributed by atoms with Crippen molar-refractivity contribution in [3.8, 4) is 5.88 Å². The van der Waals surface area contributed by atoms with E-state index >= 15 is 0 Å². The van der Waals surface area contributed by atoms with E-state index in [1.807, 2.05) is 4.90 Å². The smallest absolute Gasteiger partial charge is 0.231 e. The molecule has 1 aromatic carbocycles. The molecule has 4 rings (SSSR count). The Balaban J connectivity index is 1.27. The second kappa shape index (κ2) is 8.42. The predicted molar refractivity (Wildman–Crippen MR) is 105 cm³/mol. The highest BCUT2D eigenvalue weighted by Crippen LogP contribution is 2.17. The molecule has 1 aliphatic rings. The van der Waals surface area contributed by atoms with Gasteiger partial charge in [-0.1, -0.05) is 0 Å². The summed E-state index contributed by atoms with van der Waals surface area (Å²) in [6.45, 7) is 2.83. The highest BCUT2D eigenvalue weighted by molar-refractivity contribution is 5.76. The first-order valence-corrected chi connectivity index (χ1v) is 9.67. The summed E-state index contributed by atoms with van der Waals surface area (Å²) in [5, 5.41) is 12.6. The van der Waals surface area contributed by atoms with Crippen LogP contribution >= 0.6 is 0 Å². The Hall–Kier alpha value is -3.23. The zero-order chi connectivity index (χ0) is 20.2. The molecule has 0 unspecified atom stereocenters. The van der Waals surface area contributed by atoms with Crippen molar-refractivity contribution in [2.75, 3.05) is 38.2 Å². The Bertz CT molecular complexity index is 982. The molecule has 9 heteroatoms. The summed E-state index contributed by atoms with van der Waals surface area (Å²) in [4.78, 5) is 16.6. The number of amides is 1. The maximum atomic E-state index is 13.1. The number of ether oxygens (including phenoxy) is 1. The minimum atomic E-state index is -0.239. The van der Waals surface area contributed by atoms with E-state index in [0.29, 0.717) is 49.7 Å². The Labute approximate surface area is 167 Å². The standard InChI is InChI=1S/C20H23FN6O2/c1-29-19-10-9-18-23-22-17(27(18)24-19)3-2-4-20(28)26-13-11-25(12-14-26)16-7-5-15(21)6-8-16/h5-10H,2-4,11-14H2,1H3. The van der Waals surface area contributed by atoms with Crippen molar-refractivity contribution in [1.82, 2.24) is 24.7 Å². The first-order chi connectivity index (χ1) is 14.1. The SMILES string of the molecule is COc1ccc2nnc(CCCC(=O)N3CCN(c4ccc(F)cc4)CC3)n2n1. The molecule has 1 aliphatic heterocycles. The molecular formula is C20H23FN6O2. The van der Waals surface area contributed by atoms with E-state index < -0.39 is 0 Å². The van der Waals surface area contributed by atoms with Crippen molar-refractivity contribution in [1.29, 1.82) is 0 Å². The summed E-state index contributed by atoms with van der Waals surface area (Å²) in [7, 11) is 1.56. The molecule has 29 heavy (non-hydrogen) atoms. The molecule has 0 saturated carbocycles. The van der Waals surface area contributed by atoms with Gasteiger partial charge in [0.25, 0.3) is 0 Å². The first kappa shape index (κ1) is 19.1. The Morgan fingerprint density at radius 3 is 2.55 bits per heavy atom. The molecular weight excluding hydrogens is 375 g/mol. The fraction of sp³-hybridized carbons (Fsp3) is 0.400. The zero-order valence-corrected chi connectivity index (χ0v) is 16.3. The molecule has 0 N–H and O–H groups in total. The van der Waals surface area contributed by atoms with Gasteiger partial charge in [-0.25, -0.2) is 4.39 Å². The molecule has 3 heterocycles. The molecule has 3 aromatic rings. The minimum Gasteiger partial charge on any atom is -0.480 e. The van der Waals surface area contributed by atoms with Crippen LogP contribution in [0.25, 0.3) is 5.65 Å². The lowest BCUT2D eigenvalue weighted by atomic mass is 10.2. The maximum absolute atomic E-state index is 13.1. The van der Waals surface area contributed by atoms with Gasteiger partial charge in [-0.3, -0.25) is 4.79 Å². The number of fused-ring (bicyclic) bond motifs is 1. The lowest BCUT2D eigenvalue weighted by Gasteiger charge is -2.36. The second-order valence-corrected chi connectivity index (χ2v) is 6.96. The number of hydrogen-bond acceptors (Lipinski definition) is 6. The molecule has 0 radical (unpaired) electrons. The van der Waals surface area contributed by atoms with E-state index in [-0.39, 0.29) is 11.7 Å². The number of anilines is 1. The average molecular weight is 398 g/mol. The molecule has 0 spiro atoms. The minimum absolute atomic E-state index is 0.142. The highest BCUT2D eigenvalue weighted by Gasteiger charge is 2.21. The molecule has 0 atom stereocenters. The lowest BCUT2D eigenvalue weighted by Crippen LogP contribution is -2.48. The molecule has 1 amide bonds. The van der Waals surface area contributed by atoms with Crippen LogP contribution in [0, 0.1) is 5.82 Å². The third-order valence-electron chi connectivity index (χ3n) is 5.13. The van der Waals surface area contributed by atoms with Gasteiger partial charge < -0.3 is 14.5 Å². The molecule has 1 saturated heterocycles. The number of piperazine rings is 1. The normalized spacial score (nSPS) is 14.4. The van der Waals surface area contributed by atoms with Gasteiger partial charge in [0.05, 0.1) is 7.11 Å². The second-order valence-electron chi connectivity index (χ2n) is 6.96. The lowest BCUT2D eigenvalue weighted by molar-refractivity contribution is -0.131. The van der Waals surface area contributed by atoms with Gasteiger partial charge in [-0.2, -0.15) is 4.52 Å². The van der Waals surface area contributed by atoms with Crippen molar-refractivity contribution >= 4 is 17.2 Å². The number of benzene rings is 1. The van der Waals surface area contributed by atoms with Crippen molar-refractivity contribution in [2.45, 2.75) is 19.3 Å². The van der Waals surface area contributed by atoms with Crippen LogP contribution in [0.3, 0.4) is 0 Å². The fourth-order valence-corrected chi connectivity index (χ4v) is 3.50. The van der Waals surface area contributed by atoms with Gasteiger partial charge in [0, 0.05) is 50.8 Å². The van der Waals surface area contributed by atoms with Crippen molar-refractivity contribution < 1.29 is 13.9 Å². The Morgan fingerprint density at radius 1 is 1.07 bits per heavy atom. The van der Waals surface area contributed by atoms with E-state index in [9.17, 15) is 9.18 Å². The van der Waals surface area contributed by atoms with Crippen molar-refractivity contribution in [2.24, 2.45) is 0 Å². The number of hydrogen-bond donors (Lipinski definition) is 0. The number of halogens is 1. The van der Waals surface area contributed by atoms with Gasteiger partial charge in [0.2, 0.25) is 11.8 Å². The van der Waals surface area contributed by atoms with E-state index in [1.165, 1.54) is 12.1 Å². The van der Waals surface area contributed by atoms with Gasteiger partial charge in [-0.15, -0.1) is 15.3 Å². The molecule has 0 aliphatic carbocycles. The van der Waals surface area contributed by atoms with Gasteiger partial charge in [-0.05, 0) is 36.8 Å². The predicted octanol–water partition coefficient (Wildman–Crippen LogP) is 1.94. The highest BCUT2D eigenvalue weighted by atomic mass is 19.1. The van der Waals surface area contributed by atoms with Crippen LogP contribution in [0.5, 0.6) is 5.88 Å². The van der Waals surface area contributed by atoms with E-state index in [2.05, 4.69) is 20.2 Å². The maximum Gasteiger partial charge on any atom is 0.231 e. The number of aromatic nitrogens is 4. The van der Waals surface area contributed by atoms with Crippen LogP contribution in [0.1, 0.15) is 18.7 Å². The summed E-state index contributed by atoms with van der Waals surface area (Å²) < 4.78 is 19.9. The van der Waals surface area contributed by atoms with Crippen LogP contribution in [0.4, 0.5) is 10.1 Å².